The summed E-state index contributed by atoms with van der Waals surface area (Å²) in [5.41, 5.74) is -0.202. The number of halogens is 5. The molecule has 0 fully saturated rings. The Morgan fingerprint density at radius 2 is 1.95 bits per heavy atom. The maximum absolute atomic E-state index is 13.0. The Hall–Kier alpha value is -0.400. The van der Waals surface area contributed by atoms with Crippen LogP contribution in [0.15, 0.2) is 29.3 Å². The van der Waals surface area contributed by atoms with E-state index < -0.39 is 9.61 Å². The van der Waals surface area contributed by atoms with Gasteiger partial charge in [0.05, 0.1) is 27.7 Å². The topological polar surface area (TPSA) is 39.8 Å². The van der Waals surface area contributed by atoms with E-state index in [1.54, 1.807) is 6.07 Å². The van der Waals surface area contributed by atoms with Gasteiger partial charge in [0.2, 0.25) is 0 Å². The van der Waals surface area contributed by atoms with E-state index in [1.807, 2.05) is 0 Å². The SMILES string of the molecule is O=c1n(-c2ccc(Cl)c(Cl)c2)cnn1SC(F)(Cl)Cl. The van der Waals surface area contributed by atoms with Crippen LogP contribution in [0.2, 0.25) is 10.0 Å². The van der Waals surface area contributed by atoms with Gasteiger partial charge < -0.3 is 0 Å². The molecule has 1 heterocycles. The fourth-order valence-electron chi connectivity index (χ4n) is 1.26. The molecule has 0 saturated heterocycles. The Bertz CT molecular complexity index is 666. The molecule has 0 saturated carbocycles. The van der Waals surface area contributed by atoms with Crippen LogP contribution >= 0.6 is 58.4 Å². The predicted octanol–water partition coefficient (Wildman–Crippen LogP) is 3.90. The van der Waals surface area contributed by atoms with Crippen molar-refractivity contribution in [3.63, 3.8) is 0 Å². The van der Waals surface area contributed by atoms with Crippen molar-refractivity contribution >= 4 is 58.4 Å². The summed E-state index contributed by atoms with van der Waals surface area (Å²) in [6.07, 6.45) is 1.19. The molecule has 0 aliphatic rings. The lowest BCUT2D eigenvalue weighted by Gasteiger charge is -2.05. The van der Waals surface area contributed by atoms with Gasteiger partial charge in [-0.25, -0.2) is 9.36 Å². The van der Waals surface area contributed by atoms with Gasteiger partial charge in [0, 0.05) is 0 Å². The van der Waals surface area contributed by atoms with Crippen molar-refractivity contribution in [2.75, 3.05) is 0 Å². The lowest BCUT2D eigenvalue weighted by Crippen LogP contribution is -2.22. The second-order valence-corrected chi connectivity index (χ2v) is 6.88. The van der Waals surface area contributed by atoms with Crippen molar-refractivity contribution in [3.8, 4) is 5.69 Å². The lowest BCUT2D eigenvalue weighted by molar-refractivity contribution is 0.513. The molecular formula is C9H4Cl4FN3OS. The molecule has 0 radical (unpaired) electrons. The zero-order valence-electron chi connectivity index (χ0n) is 8.86. The summed E-state index contributed by atoms with van der Waals surface area (Å²) in [6, 6.07) is 4.57. The first kappa shape index (κ1) is 15.0. The molecule has 0 N–H and O–H groups in total. The average molecular weight is 363 g/mol. The molecule has 0 bridgehead atoms. The van der Waals surface area contributed by atoms with Crippen LogP contribution in [-0.2, 0) is 0 Å². The quantitative estimate of drug-likeness (QED) is 0.777. The summed E-state index contributed by atoms with van der Waals surface area (Å²) in [5.74, 6) is 0. The summed E-state index contributed by atoms with van der Waals surface area (Å²) in [5, 5.41) is 4.30. The zero-order valence-corrected chi connectivity index (χ0v) is 12.7. The van der Waals surface area contributed by atoms with Gasteiger partial charge in [0.15, 0.2) is 0 Å². The molecule has 19 heavy (non-hydrogen) atoms. The third kappa shape index (κ3) is 3.58. The standard InChI is InChI=1S/C9H4Cl4FN3OS/c10-6-2-1-5(3-7(6)11)16-4-15-17(8(16)18)19-9(12,13)14/h1-4H. The van der Waals surface area contributed by atoms with Crippen LogP contribution in [0.3, 0.4) is 0 Å². The second kappa shape index (κ2) is 5.54. The van der Waals surface area contributed by atoms with Gasteiger partial charge in [-0.05, 0) is 18.2 Å². The number of aromatic nitrogens is 3. The Kier molecular flexibility index (Phi) is 4.37. The average Bonchev–Trinajstić information content (AvgIpc) is 2.63. The fourth-order valence-corrected chi connectivity index (χ4v) is 2.40. The van der Waals surface area contributed by atoms with Crippen LogP contribution in [0.25, 0.3) is 5.69 Å². The van der Waals surface area contributed by atoms with Crippen molar-refractivity contribution in [2.45, 2.75) is 3.92 Å². The largest absolute Gasteiger partial charge is 0.361 e. The van der Waals surface area contributed by atoms with E-state index in [0.717, 1.165) is 8.65 Å². The number of benzene rings is 1. The number of nitrogens with zero attached hydrogens (tertiary/aromatic N) is 3. The highest BCUT2D eigenvalue weighted by atomic mass is 35.5. The first-order chi connectivity index (χ1) is 8.78. The molecule has 0 amide bonds. The summed E-state index contributed by atoms with van der Waals surface area (Å²) < 4.78 is 12.2. The molecule has 1 aromatic heterocycles. The van der Waals surface area contributed by atoms with Crippen molar-refractivity contribution in [1.82, 2.24) is 13.8 Å². The van der Waals surface area contributed by atoms with E-state index >= 15 is 0 Å². The van der Waals surface area contributed by atoms with E-state index in [0.29, 0.717) is 10.7 Å². The molecule has 0 atom stereocenters. The summed E-state index contributed by atoms with van der Waals surface area (Å²) in [6.45, 7) is 0. The molecule has 2 aromatic rings. The van der Waals surface area contributed by atoms with E-state index in [9.17, 15) is 9.18 Å². The second-order valence-electron chi connectivity index (χ2n) is 3.29. The number of alkyl halides is 3. The molecule has 0 aliphatic heterocycles. The van der Waals surface area contributed by atoms with Crippen molar-refractivity contribution < 1.29 is 4.39 Å². The molecule has 2 rings (SSSR count). The zero-order chi connectivity index (χ0) is 14.2. The number of rotatable bonds is 3. The highest BCUT2D eigenvalue weighted by Crippen LogP contribution is 2.35. The lowest BCUT2D eigenvalue weighted by atomic mass is 10.3. The van der Waals surface area contributed by atoms with Gasteiger partial charge in [-0.3, -0.25) is 0 Å². The maximum atomic E-state index is 13.0. The summed E-state index contributed by atoms with van der Waals surface area (Å²) in [4.78, 5) is 11.9. The number of hydrogen-bond acceptors (Lipinski definition) is 3. The van der Waals surface area contributed by atoms with Crippen molar-refractivity contribution in [3.05, 3.63) is 45.1 Å². The predicted molar refractivity (Wildman–Crippen MR) is 76.4 cm³/mol. The van der Waals surface area contributed by atoms with Gasteiger partial charge in [-0.15, -0.1) is 9.19 Å². The van der Waals surface area contributed by atoms with E-state index in [4.69, 9.17) is 46.4 Å². The van der Waals surface area contributed by atoms with Crippen LogP contribution in [0, 0.1) is 0 Å². The molecule has 102 valence electrons. The number of hydrogen-bond donors (Lipinski definition) is 0. The van der Waals surface area contributed by atoms with Crippen LogP contribution < -0.4 is 5.69 Å². The summed E-state index contributed by atoms with van der Waals surface area (Å²) >= 11 is 22.2. The van der Waals surface area contributed by atoms with Gasteiger partial charge in [-0.2, -0.15) is 4.39 Å². The van der Waals surface area contributed by atoms with Gasteiger partial charge in [0.1, 0.15) is 6.33 Å². The Morgan fingerprint density at radius 1 is 1.26 bits per heavy atom. The molecular weight excluding hydrogens is 359 g/mol. The van der Waals surface area contributed by atoms with E-state index in [2.05, 4.69) is 5.10 Å². The van der Waals surface area contributed by atoms with Gasteiger partial charge in [0.25, 0.3) is 0 Å². The Labute approximate surface area is 131 Å². The van der Waals surface area contributed by atoms with Crippen molar-refractivity contribution in [2.24, 2.45) is 0 Å². The van der Waals surface area contributed by atoms with Gasteiger partial charge >= 0.3 is 9.61 Å². The van der Waals surface area contributed by atoms with E-state index in [1.165, 1.54) is 18.5 Å². The normalized spacial score (nSPS) is 11.8. The first-order valence-electron chi connectivity index (χ1n) is 4.66. The Morgan fingerprint density at radius 3 is 2.53 bits per heavy atom. The van der Waals surface area contributed by atoms with Crippen LogP contribution in [0.4, 0.5) is 4.39 Å². The first-order valence-corrected chi connectivity index (χ1v) is 6.95. The molecule has 10 heteroatoms. The molecule has 1 aromatic carbocycles. The minimum Gasteiger partial charge on any atom is -0.249 e. The third-order valence-electron chi connectivity index (χ3n) is 2.01. The Balaban J connectivity index is 2.42. The fraction of sp³-hybridized carbons (Fsp3) is 0.111. The minimum atomic E-state index is -2.65. The third-order valence-corrected chi connectivity index (χ3v) is 3.80. The highest BCUT2D eigenvalue weighted by Gasteiger charge is 2.27. The van der Waals surface area contributed by atoms with Crippen LogP contribution in [-0.4, -0.2) is 17.7 Å². The molecule has 0 aliphatic carbocycles. The van der Waals surface area contributed by atoms with Crippen molar-refractivity contribution in [1.29, 1.82) is 0 Å². The van der Waals surface area contributed by atoms with Gasteiger partial charge in [-0.1, -0.05) is 46.4 Å². The van der Waals surface area contributed by atoms with E-state index in [-0.39, 0.29) is 17.0 Å². The molecule has 0 unspecified atom stereocenters. The minimum absolute atomic E-state index is 0.228. The summed E-state index contributed by atoms with van der Waals surface area (Å²) in [7, 11) is 0. The highest BCUT2D eigenvalue weighted by molar-refractivity contribution is 8.01. The van der Waals surface area contributed by atoms with Crippen LogP contribution in [0.5, 0.6) is 0 Å². The smallest absolute Gasteiger partial charge is 0.249 e. The van der Waals surface area contributed by atoms with Crippen LogP contribution in [0.1, 0.15) is 0 Å². The molecule has 4 nitrogen and oxygen atoms in total. The molecule has 0 spiro atoms. The maximum Gasteiger partial charge on any atom is 0.361 e. The monoisotopic (exact) mass is 361 g/mol.